The molecule has 0 amide bonds. The molecule has 9 heteroatoms. The van der Waals surface area contributed by atoms with Crippen molar-refractivity contribution in [3.63, 3.8) is 0 Å². The first-order valence-corrected chi connectivity index (χ1v) is 7.77. The smallest absolute Gasteiger partial charge is 0.497 e. The monoisotopic (exact) mass is 342 g/mol. The zero-order valence-electron chi connectivity index (χ0n) is 12.1. The summed E-state index contributed by atoms with van der Waals surface area (Å²) in [7, 11) is -3.99. The van der Waals surface area contributed by atoms with Gasteiger partial charge < -0.3 is 9.47 Å². The van der Waals surface area contributed by atoms with Crippen LogP contribution in [0.2, 0.25) is 0 Å². The molecule has 0 aromatic heterocycles. The number of rotatable bonds is 8. The van der Waals surface area contributed by atoms with Gasteiger partial charge in [0.25, 0.3) is 0 Å². The van der Waals surface area contributed by atoms with Crippen molar-refractivity contribution in [2.75, 3.05) is 13.7 Å². The Morgan fingerprint density at radius 1 is 1.18 bits per heavy atom. The minimum absolute atomic E-state index is 0.0193. The molecule has 1 atom stereocenters. The number of hydrogen-bond acceptors (Lipinski definition) is 5. The third-order valence-corrected chi connectivity index (χ3v) is 3.78. The molecular formula is C13H17F3O5S. The summed E-state index contributed by atoms with van der Waals surface area (Å²) in [5.74, 6) is 0.697. The Morgan fingerprint density at radius 2 is 1.77 bits per heavy atom. The summed E-state index contributed by atoms with van der Waals surface area (Å²) in [5, 5.41) is 0. The summed E-state index contributed by atoms with van der Waals surface area (Å²) < 4.78 is 71.8. The fraction of sp³-hybridized carbons (Fsp3) is 0.538. The van der Waals surface area contributed by atoms with Gasteiger partial charge in [0.1, 0.15) is 5.75 Å². The maximum absolute atomic E-state index is 12.0. The first-order valence-electron chi connectivity index (χ1n) is 6.36. The van der Waals surface area contributed by atoms with Crippen molar-refractivity contribution < 1.29 is 35.2 Å². The molecule has 1 aromatic rings. The first kappa shape index (κ1) is 18.7. The Kier molecular flexibility index (Phi) is 6.64. The predicted octanol–water partition coefficient (Wildman–Crippen LogP) is 2.86. The van der Waals surface area contributed by atoms with E-state index in [0.717, 1.165) is 5.56 Å². The van der Waals surface area contributed by atoms with E-state index >= 15 is 0 Å². The lowest BCUT2D eigenvalue weighted by Gasteiger charge is -2.14. The summed E-state index contributed by atoms with van der Waals surface area (Å²) in [4.78, 5) is 0. The van der Waals surface area contributed by atoms with Gasteiger partial charge in [0.15, 0.2) is 0 Å². The van der Waals surface area contributed by atoms with Crippen LogP contribution in [0, 0.1) is 0 Å². The number of benzene rings is 1. The molecule has 0 N–H and O–H groups in total. The second-order valence-electron chi connectivity index (χ2n) is 4.48. The number of alkyl halides is 3. The SMILES string of the molecule is COc1ccc(CO[C@@H](C)CCOS(=O)(=O)C(F)(F)F)cc1. The molecular weight excluding hydrogens is 325 g/mol. The zero-order chi connectivity index (χ0) is 16.8. The van der Waals surface area contributed by atoms with Crippen molar-refractivity contribution in [3.05, 3.63) is 29.8 Å². The van der Waals surface area contributed by atoms with E-state index in [2.05, 4.69) is 4.18 Å². The summed E-state index contributed by atoms with van der Waals surface area (Å²) in [5.41, 5.74) is -4.54. The van der Waals surface area contributed by atoms with E-state index in [9.17, 15) is 21.6 Å². The topological polar surface area (TPSA) is 61.8 Å². The van der Waals surface area contributed by atoms with E-state index in [1.54, 1.807) is 38.3 Å². The fourth-order valence-electron chi connectivity index (χ4n) is 1.43. The van der Waals surface area contributed by atoms with E-state index in [1.165, 1.54) is 0 Å². The van der Waals surface area contributed by atoms with Crippen LogP contribution in [0.15, 0.2) is 24.3 Å². The highest BCUT2D eigenvalue weighted by Crippen LogP contribution is 2.24. The van der Waals surface area contributed by atoms with Crippen LogP contribution in [0.3, 0.4) is 0 Å². The van der Waals surface area contributed by atoms with E-state index in [0.29, 0.717) is 5.75 Å². The molecule has 0 fully saturated rings. The van der Waals surface area contributed by atoms with Gasteiger partial charge in [-0.15, -0.1) is 0 Å². The average molecular weight is 342 g/mol. The minimum Gasteiger partial charge on any atom is -0.497 e. The second-order valence-corrected chi connectivity index (χ2v) is 6.09. The maximum Gasteiger partial charge on any atom is 0.523 e. The van der Waals surface area contributed by atoms with Crippen LogP contribution < -0.4 is 4.74 Å². The highest BCUT2D eigenvalue weighted by atomic mass is 32.2. The molecule has 5 nitrogen and oxygen atoms in total. The van der Waals surface area contributed by atoms with Gasteiger partial charge in [0.05, 0.1) is 26.4 Å². The van der Waals surface area contributed by atoms with Crippen LogP contribution in [-0.2, 0) is 25.6 Å². The number of halogens is 3. The van der Waals surface area contributed by atoms with Gasteiger partial charge in [0, 0.05) is 0 Å². The Balaban J connectivity index is 2.33. The third kappa shape index (κ3) is 5.82. The van der Waals surface area contributed by atoms with Crippen LogP contribution in [0.4, 0.5) is 13.2 Å². The molecule has 126 valence electrons. The normalized spacial score (nSPS) is 13.9. The Hall–Kier alpha value is -1.32. The van der Waals surface area contributed by atoms with Crippen molar-refractivity contribution in [3.8, 4) is 5.75 Å². The molecule has 1 rings (SSSR count). The summed E-state index contributed by atoms with van der Waals surface area (Å²) in [6.07, 6.45) is -0.434. The van der Waals surface area contributed by atoms with E-state index in [1.807, 2.05) is 0 Å². The lowest BCUT2D eigenvalue weighted by atomic mass is 10.2. The van der Waals surface area contributed by atoms with E-state index in [4.69, 9.17) is 9.47 Å². The Labute approximate surface area is 127 Å². The number of ether oxygens (including phenoxy) is 2. The average Bonchev–Trinajstić information content (AvgIpc) is 2.44. The van der Waals surface area contributed by atoms with Crippen molar-refractivity contribution in [1.82, 2.24) is 0 Å². The summed E-state index contributed by atoms with van der Waals surface area (Å²) >= 11 is 0. The van der Waals surface area contributed by atoms with Crippen LogP contribution in [-0.4, -0.2) is 33.7 Å². The first-order chi connectivity index (χ1) is 10.2. The zero-order valence-corrected chi connectivity index (χ0v) is 12.9. The second kappa shape index (κ2) is 7.80. The molecule has 0 bridgehead atoms. The quantitative estimate of drug-likeness (QED) is 0.537. The summed E-state index contributed by atoms with van der Waals surface area (Å²) in [6.45, 7) is 1.27. The minimum atomic E-state index is -5.54. The molecule has 0 saturated heterocycles. The van der Waals surface area contributed by atoms with Gasteiger partial charge >= 0.3 is 15.6 Å². The van der Waals surface area contributed by atoms with Gasteiger partial charge in [-0.1, -0.05) is 12.1 Å². The predicted molar refractivity (Wildman–Crippen MR) is 72.8 cm³/mol. The van der Waals surface area contributed by atoms with Gasteiger partial charge in [-0.05, 0) is 31.0 Å². The number of methoxy groups -OCH3 is 1. The molecule has 0 saturated carbocycles. The highest BCUT2D eigenvalue weighted by molar-refractivity contribution is 7.87. The van der Waals surface area contributed by atoms with Crippen molar-refractivity contribution in [2.45, 2.75) is 31.6 Å². The molecule has 0 aliphatic heterocycles. The lowest BCUT2D eigenvalue weighted by molar-refractivity contribution is -0.0553. The van der Waals surface area contributed by atoms with Gasteiger partial charge in [0.2, 0.25) is 0 Å². The molecule has 0 unspecified atom stereocenters. The Morgan fingerprint density at radius 3 is 2.27 bits per heavy atom. The molecule has 0 aliphatic carbocycles. The molecule has 0 heterocycles. The Bertz CT molecular complexity index is 554. The molecule has 0 spiro atoms. The van der Waals surface area contributed by atoms with Gasteiger partial charge in [-0.3, -0.25) is 4.18 Å². The summed E-state index contributed by atoms with van der Waals surface area (Å²) in [6, 6.07) is 7.08. The van der Waals surface area contributed by atoms with Crippen molar-refractivity contribution in [2.24, 2.45) is 0 Å². The maximum atomic E-state index is 12.0. The standard InChI is InChI=1S/C13H17F3O5S/c1-10(7-8-21-22(17,18)13(14,15)16)20-9-11-3-5-12(19-2)6-4-11/h3-6,10H,7-9H2,1-2H3/t10-/m0/s1. The van der Waals surface area contributed by atoms with Crippen LogP contribution in [0.5, 0.6) is 5.75 Å². The molecule has 1 aromatic carbocycles. The molecule has 22 heavy (non-hydrogen) atoms. The third-order valence-electron chi connectivity index (χ3n) is 2.74. The molecule has 0 radical (unpaired) electrons. The van der Waals surface area contributed by atoms with Crippen LogP contribution >= 0.6 is 0 Å². The highest BCUT2D eigenvalue weighted by Gasteiger charge is 2.47. The van der Waals surface area contributed by atoms with Crippen LogP contribution in [0.25, 0.3) is 0 Å². The van der Waals surface area contributed by atoms with E-state index < -0.39 is 28.3 Å². The van der Waals surface area contributed by atoms with E-state index in [-0.39, 0.29) is 13.0 Å². The van der Waals surface area contributed by atoms with Crippen LogP contribution in [0.1, 0.15) is 18.9 Å². The fourth-order valence-corrected chi connectivity index (χ4v) is 1.88. The van der Waals surface area contributed by atoms with Gasteiger partial charge in [-0.25, -0.2) is 0 Å². The van der Waals surface area contributed by atoms with Crippen molar-refractivity contribution in [1.29, 1.82) is 0 Å². The lowest BCUT2D eigenvalue weighted by Crippen LogP contribution is -2.26. The largest absolute Gasteiger partial charge is 0.523 e. The van der Waals surface area contributed by atoms with Crippen molar-refractivity contribution >= 4 is 10.1 Å². The molecule has 0 aliphatic rings. The van der Waals surface area contributed by atoms with Gasteiger partial charge in [-0.2, -0.15) is 21.6 Å². The number of hydrogen-bond donors (Lipinski definition) is 0.